The molecular formula is C16H15N5O5. The van der Waals surface area contributed by atoms with Crippen molar-refractivity contribution in [2.24, 2.45) is 10.9 Å². The van der Waals surface area contributed by atoms with Crippen LogP contribution in [0.1, 0.15) is 21.8 Å². The van der Waals surface area contributed by atoms with E-state index in [0.29, 0.717) is 23.1 Å². The average Bonchev–Trinajstić information content (AvgIpc) is 3.28. The van der Waals surface area contributed by atoms with E-state index in [-0.39, 0.29) is 18.0 Å². The maximum absolute atomic E-state index is 11.9. The molecule has 0 aliphatic rings. The number of aromatic nitrogens is 3. The molecule has 0 radical (unpaired) electrons. The van der Waals surface area contributed by atoms with Gasteiger partial charge in [0, 0.05) is 5.56 Å². The molecule has 0 aliphatic heterocycles. The van der Waals surface area contributed by atoms with Crippen molar-refractivity contribution in [1.82, 2.24) is 15.4 Å². The van der Waals surface area contributed by atoms with E-state index in [2.05, 4.69) is 20.5 Å². The maximum Gasteiger partial charge on any atom is 0.371 e. The van der Waals surface area contributed by atoms with Gasteiger partial charge >= 0.3 is 5.97 Å². The van der Waals surface area contributed by atoms with E-state index >= 15 is 0 Å². The molecule has 0 aliphatic carbocycles. The van der Waals surface area contributed by atoms with Crippen molar-refractivity contribution in [3.8, 4) is 17.2 Å². The smallest absolute Gasteiger partial charge is 0.371 e. The first-order valence-electron chi connectivity index (χ1n) is 7.50. The highest BCUT2D eigenvalue weighted by molar-refractivity contribution is 5.92. The lowest BCUT2D eigenvalue weighted by atomic mass is 10.2. The first-order chi connectivity index (χ1) is 12.5. The van der Waals surface area contributed by atoms with Gasteiger partial charge in [-0.1, -0.05) is 10.3 Å². The van der Waals surface area contributed by atoms with Gasteiger partial charge in [0.2, 0.25) is 12.3 Å². The zero-order valence-electron chi connectivity index (χ0n) is 14.0. The Bertz CT molecular complexity index is 896. The first-order valence-corrected chi connectivity index (χ1v) is 7.50. The number of rotatable bonds is 6. The van der Waals surface area contributed by atoms with Gasteiger partial charge in [-0.05, 0) is 38.1 Å². The third-order valence-electron chi connectivity index (χ3n) is 3.33. The lowest BCUT2D eigenvalue weighted by molar-refractivity contribution is 0.0510. The van der Waals surface area contributed by atoms with Crippen molar-refractivity contribution in [2.75, 3.05) is 6.61 Å². The Kier molecular flexibility index (Phi) is 4.92. The van der Waals surface area contributed by atoms with Crippen molar-refractivity contribution in [3.05, 3.63) is 47.7 Å². The van der Waals surface area contributed by atoms with Gasteiger partial charge in [-0.2, -0.15) is 0 Å². The summed E-state index contributed by atoms with van der Waals surface area (Å²) in [6, 6.07) is 6.94. The average molecular weight is 357 g/mol. The summed E-state index contributed by atoms with van der Waals surface area (Å²) in [6.07, 6.45) is 1.25. The molecule has 0 fully saturated rings. The van der Waals surface area contributed by atoms with Gasteiger partial charge in [0.05, 0.1) is 5.69 Å². The Morgan fingerprint density at radius 3 is 2.65 bits per heavy atom. The maximum atomic E-state index is 11.9. The predicted molar refractivity (Wildman–Crippen MR) is 88.2 cm³/mol. The van der Waals surface area contributed by atoms with Crippen LogP contribution >= 0.6 is 0 Å². The van der Waals surface area contributed by atoms with Gasteiger partial charge in [0.15, 0.2) is 5.84 Å². The second-order valence-electron chi connectivity index (χ2n) is 5.22. The molecule has 0 atom stereocenters. The van der Waals surface area contributed by atoms with Gasteiger partial charge < -0.3 is 24.2 Å². The fourth-order valence-electron chi connectivity index (χ4n) is 2.10. The highest BCUT2D eigenvalue weighted by atomic mass is 16.7. The minimum atomic E-state index is -0.701. The van der Waals surface area contributed by atoms with Crippen molar-refractivity contribution in [1.29, 1.82) is 0 Å². The van der Waals surface area contributed by atoms with Gasteiger partial charge in [-0.15, -0.1) is 10.2 Å². The number of nitrogens with zero attached hydrogens (tertiary/aromatic N) is 4. The van der Waals surface area contributed by atoms with Crippen LogP contribution < -0.4 is 10.5 Å². The molecule has 0 saturated carbocycles. The highest BCUT2D eigenvalue weighted by Gasteiger charge is 2.19. The van der Waals surface area contributed by atoms with Crippen molar-refractivity contribution in [3.63, 3.8) is 0 Å². The van der Waals surface area contributed by atoms with Gasteiger partial charge in [-0.3, -0.25) is 0 Å². The van der Waals surface area contributed by atoms with Crippen LogP contribution in [0, 0.1) is 13.8 Å². The van der Waals surface area contributed by atoms with Gasteiger partial charge in [0.1, 0.15) is 23.7 Å². The molecule has 0 saturated heterocycles. The predicted octanol–water partition coefficient (Wildman–Crippen LogP) is 1.85. The molecule has 0 unspecified atom stereocenters. The summed E-state index contributed by atoms with van der Waals surface area (Å²) < 4.78 is 15.5. The summed E-state index contributed by atoms with van der Waals surface area (Å²) in [5.41, 5.74) is 7.07. The minimum Gasteiger partial charge on any atom is -0.486 e. The molecule has 10 nitrogen and oxygen atoms in total. The number of nitrogens with two attached hydrogens (primary N) is 1. The number of hydrogen-bond donors (Lipinski definition) is 1. The Labute approximate surface area is 147 Å². The molecule has 0 bridgehead atoms. The second kappa shape index (κ2) is 7.47. The lowest BCUT2D eigenvalue weighted by Gasteiger charge is -2.05. The van der Waals surface area contributed by atoms with Gasteiger partial charge in [0.25, 0.3) is 0 Å². The zero-order chi connectivity index (χ0) is 18.5. The molecule has 3 aromatic rings. The summed E-state index contributed by atoms with van der Waals surface area (Å²) >= 11 is 0. The number of aryl methyl sites for hydroxylation is 2. The van der Waals surface area contributed by atoms with E-state index < -0.39 is 5.97 Å². The van der Waals surface area contributed by atoms with E-state index in [1.807, 2.05) is 0 Å². The molecule has 26 heavy (non-hydrogen) atoms. The van der Waals surface area contributed by atoms with Crippen LogP contribution in [-0.4, -0.2) is 33.8 Å². The molecular weight excluding hydrogens is 342 g/mol. The molecule has 134 valence electrons. The molecule has 3 rings (SSSR count). The summed E-state index contributed by atoms with van der Waals surface area (Å²) in [6.45, 7) is 3.17. The van der Waals surface area contributed by atoms with Crippen molar-refractivity contribution in [2.45, 2.75) is 13.8 Å². The molecule has 2 heterocycles. The third-order valence-corrected chi connectivity index (χ3v) is 3.33. The van der Waals surface area contributed by atoms with Crippen LogP contribution in [0.15, 0.2) is 44.8 Å². The third kappa shape index (κ3) is 3.86. The Balaban J connectivity index is 1.54. The normalized spacial score (nSPS) is 11.4. The molecule has 0 spiro atoms. The van der Waals surface area contributed by atoms with E-state index in [4.69, 9.17) is 24.2 Å². The van der Waals surface area contributed by atoms with E-state index in [1.54, 1.807) is 38.1 Å². The summed E-state index contributed by atoms with van der Waals surface area (Å²) in [5, 5.41) is 14.6. The zero-order valence-corrected chi connectivity index (χ0v) is 14.0. The number of amidine groups is 1. The van der Waals surface area contributed by atoms with Crippen LogP contribution in [0.3, 0.4) is 0 Å². The first kappa shape index (κ1) is 17.1. The number of carbonyl (C=O) groups is 1. The SMILES string of the molecule is Cc1noc(C)c1C(=O)ON=C(N)COc1ccc(-c2nnco2)cc1. The molecule has 0 amide bonds. The second-order valence-corrected chi connectivity index (χ2v) is 5.22. The molecule has 2 aromatic heterocycles. The minimum absolute atomic E-state index is 0.00825. The quantitative estimate of drug-likeness (QED) is 0.303. The van der Waals surface area contributed by atoms with Crippen molar-refractivity contribution < 1.29 is 23.3 Å². The fraction of sp³-hybridized carbons (Fsp3) is 0.188. The summed E-state index contributed by atoms with van der Waals surface area (Å²) in [7, 11) is 0. The Hall–Kier alpha value is -3.69. The van der Waals surface area contributed by atoms with Crippen LogP contribution in [0.2, 0.25) is 0 Å². The molecule has 1 aromatic carbocycles. The fourth-order valence-corrected chi connectivity index (χ4v) is 2.10. The number of oxime groups is 1. The van der Waals surface area contributed by atoms with Crippen LogP contribution in [0.5, 0.6) is 5.75 Å². The topological polar surface area (TPSA) is 139 Å². The van der Waals surface area contributed by atoms with E-state index in [1.165, 1.54) is 6.39 Å². The molecule has 10 heteroatoms. The number of benzene rings is 1. The summed E-state index contributed by atoms with van der Waals surface area (Å²) in [5.74, 6) is 0.588. The molecule has 2 N–H and O–H groups in total. The number of hydrogen-bond acceptors (Lipinski definition) is 9. The lowest BCUT2D eigenvalue weighted by Crippen LogP contribution is -2.22. The van der Waals surface area contributed by atoms with E-state index in [9.17, 15) is 4.79 Å². The Morgan fingerprint density at radius 1 is 1.27 bits per heavy atom. The van der Waals surface area contributed by atoms with Gasteiger partial charge in [-0.25, -0.2) is 4.79 Å². The number of carbonyl (C=O) groups excluding carboxylic acids is 1. The standard InChI is InChI=1S/C16H15N5O5/c1-9-14(10(2)25-20-9)16(22)26-21-13(17)7-23-12-5-3-11(4-6-12)15-19-18-8-24-15/h3-6,8H,7H2,1-2H3,(H2,17,21). The number of ether oxygens (including phenoxy) is 1. The Morgan fingerprint density at radius 2 is 2.04 bits per heavy atom. The van der Waals surface area contributed by atoms with Crippen molar-refractivity contribution >= 4 is 11.8 Å². The van der Waals surface area contributed by atoms with Crippen LogP contribution in [0.4, 0.5) is 0 Å². The van der Waals surface area contributed by atoms with Crippen LogP contribution in [0.25, 0.3) is 11.5 Å². The monoisotopic (exact) mass is 357 g/mol. The highest BCUT2D eigenvalue weighted by Crippen LogP contribution is 2.20. The largest absolute Gasteiger partial charge is 0.486 e. The van der Waals surface area contributed by atoms with Crippen LogP contribution in [-0.2, 0) is 4.84 Å². The van der Waals surface area contributed by atoms with E-state index in [0.717, 1.165) is 5.56 Å². The summed E-state index contributed by atoms with van der Waals surface area (Å²) in [4.78, 5) is 16.7.